The van der Waals surface area contributed by atoms with E-state index in [0.29, 0.717) is 16.9 Å². The smallest absolute Gasteiger partial charge is 0.256 e. The summed E-state index contributed by atoms with van der Waals surface area (Å²) in [5, 5.41) is 11.3. The number of halogens is 1. The number of nitrogens with zero attached hydrogens (tertiary/aromatic N) is 2. The lowest BCUT2D eigenvalue weighted by Gasteiger charge is -2.06. The van der Waals surface area contributed by atoms with Crippen LogP contribution in [0.25, 0.3) is 33.2 Å². The molecule has 0 aliphatic heterocycles. The lowest BCUT2D eigenvalue weighted by Crippen LogP contribution is -2.12. The Kier molecular flexibility index (Phi) is 3.65. The number of hydrogen-bond acceptors (Lipinski definition) is 3. The van der Waals surface area contributed by atoms with Gasteiger partial charge in [-0.05, 0) is 54.1 Å². The molecule has 3 N–H and O–H groups in total. The summed E-state index contributed by atoms with van der Waals surface area (Å²) in [6, 6.07) is 15.4. The Bertz CT molecular complexity index is 1320. The highest BCUT2D eigenvalue weighted by Gasteiger charge is 2.12. The number of nitrogens with one attached hydrogen (secondary N) is 3. The van der Waals surface area contributed by atoms with E-state index in [4.69, 9.17) is 0 Å². The first-order chi connectivity index (χ1) is 13.7. The molecule has 0 spiro atoms. The third kappa shape index (κ3) is 2.79. The predicted molar refractivity (Wildman–Crippen MR) is 106 cm³/mol. The summed E-state index contributed by atoms with van der Waals surface area (Å²) in [5.74, 6) is -0.516. The number of fused-ring (bicyclic) bond motifs is 2. The van der Waals surface area contributed by atoms with Gasteiger partial charge in [0, 0.05) is 16.5 Å². The normalized spacial score (nSPS) is 11.2. The van der Waals surface area contributed by atoms with Crippen LogP contribution < -0.4 is 5.32 Å². The number of benzene rings is 2. The van der Waals surface area contributed by atoms with E-state index in [2.05, 4.69) is 25.5 Å². The van der Waals surface area contributed by atoms with E-state index in [-0.39, 0.29) is 11.7 Å². The molecule has 0 fully saturated rings. The highest BCUT2D eigenvalue weighted by Crippen LogP contribution is 2.25. The average Bonchev–Trinajstić information content (AvgIpc) is 3.34. The molecule has 0 saturated heterocycles. The highest BCUT2D eigenvalue weighted by atomic mass is 19.1. The SMILES string of the molecule is O=C(Nc1cnc2[nH]c(-c3ccc(F)cc3)cc2c1)c1cccc2[nH]ncc12. The Morgan fingerprint density at radius 3 is 2.75 bits per heavy atom. The van der Waals surface area contributed by atoms with Crippen molar-refractivity contribution in [1.29, 1.82) is 0 Å². The molecule has 136 valence electrons. The summed E-state index contributed by atoms with van der Waals surface area (Å²) in [5.41, 5.74) is 4.30. The number of amides is 1. The number of hydrogen-bond donors (Lipinski definition) is 3. The maximum Gasteiger partial charge on any atom is 0.256 e. The lowest BCUT2D eigenvalue weighted by molar-refractivity contribution is 0.102. The number of H-pyrrole nitrogens is 2. The Hall–Kier alpha value is -4.00. The average molecular weight is 371 g/mol. The van der Waals surface area contributed by atoms with Gasteiger partial charge >= 0.3 is 0 Å². The molecule has 28 heavy (non-hydrogen) atoms. The quantitative estimate of drug-likeness (QED) is 0.436. The molecule has 5 rings (SSSR count). The van der Waals surface area contributed by atoms with Crippen LogP contribution in [0.15, 0.2) is 67.0 Å². The van der Waals surface area contributed by atoms with Crippen LogP contribution in [0.4, 0.5) is 10.1 Å². The fraction of sp³-hybridized carbons (Fsp3) is 0. The van der Waals surface area contributed by atoms with Gasteiger partial charge in [0.15, 0.2) is 0 Å². The van der Waals surface area contributed by atoms with Gasteiger partial charge in [0.25, 0.3) is 5.91 Å². The number of aromatic nitrogens is 4. The number of rotatable bonds is 3. The molecule has 0 atom stereocenters. The van der Waals surface area contributed by atoms with Gasteiger partial charge in [0.1, 0.15) is 11.5 Å². The van der Waals surface area contributed by atoms with Crippen molar-refractivity contribution in [2.24, 2.45) is 0 Å². The van der Waals surface area contributed by atoms with E-state index in [9.17, 15) is 9.18 Å². The molecule has 0 bridgehead atoms. The molecule has 7 heteroatoms. The molecule has 6 nitrogen and oxygen atoms in total. The molecular weight excluding hydrogens is 357 g/mol. The Morgan fingerprint density at radius 1 is 1.04 bits per heavy atom. The molecule has 0 saturated carbocycles. The van der Waals surface area contributed by atoms with Crippen molar-refractivity contribution in [2.45, 2.75) is 0 Å². The molecule has 0 radical (unpaired) electrons. The van der Waals surface area contributed by atoms with Crippen LogP contribution in [0.1, 0.15) is 10.4 Å². The first-order valence-electron chi connectivity index (χ1n) is 8.65. The molecule has 2 aromatic carbocycles. The van der Waals surface area contributed by atoms with Crippen molar-refractivity contribution in [2.75, 3.05) is 5.32 Å². The predicted octanol–water partition coefficient (Wildman–Crippen LogP) is 4.50. The Morgan fingerprint density at radius 2 is 1.89 bits per heavy atom. The van der Waals surface area contributed by atoms with Crippen LogP contribution in [0.2, 0.25) is 0 Å². The summed E-state index contributed by atoms with van der Waals surface area (Å²) in [6.45, 7) is 0. The van der Waals surface area contributed by atoms with Crippen LogP contribution >= 0.6 is 0 Å². The van der Waals surface area contributed by atoms with Gasteiger partial charge in [-0.1, -0.05) is 6.07 Å². The van der Waals surface area contributed by atoms with Gasteiger partial charge in [-0.15, -0.1) is 0 Å². The molecule has 5 aromatic rings. The number of aromatic amines is 2. The van der Waals surface area contributed by atoms with Crippen molar-refractivity contribution in [3.8, 4) is 11.3 Å². The first kappa shape index (κ1) is 16.2. The van der Waals surface area contributed by atoms with Crippen LogP contribution in [0, 0.1) is 5.82 Å². The molecule has 3 heterocycles. The molecule has 1 amide bonds. The zero-order chi connectivity index (χ0) is 19.1. The molecule has 3 aromatic heterocycles. The van der Waals surface area contributed by atoms with E-state index >= 15 is 0 Å². The summed E-state index contributed by atoms with van der Waals surface area (Å²) in [6.07, 6.45) is 3.23. The number of anilines is 1. The zero-order valence-electron chi connectivity index (χ0n) is 14.5. The second-order valence-corrected chi connectivity index (χ2v) is 6.44. The lowest BCUT2D eigenvalue weighted by atomic mass is 10.1. The van der Waals surface area contributed by atoms with Crippen LogP contribution in [-0.4, -0.2) is 26.1 Å². The van der Waals surface area contributed by atoms with Crippen molar-refractivity contribution in [3.63, 3.8) is 0 Å². The minimum absolute atomic E-state index is 0.234. The molecule has 0 unspecified atom stereocenters. The van der Waals surface area contributed by atoms with E-state index in [1.165, 1.54) is 12.1 Å². The van der Waals surface area contributed by atoms with Gasteiger partial charge in [0.2, 0.25) is 0 Å². The third-order valence-corrected chi connectivity index (χ3v) is 4.61. The Labute approximate surface area is 158 Å². The fourth-order valence-electron chi connectivity index (χ4n) is 3.23. The Balaban J connectivity index is 1.45. The molecular formula is C21H14FN5O. The maximum absolute atomic E-state index is 13.1. The van der Waals surface area contributed by atoms with E-state index in [1.54, 1.807) is 36.7 Å². The van der Waals surface area contributed by atoms with Crippen molar-refractivity contribution >= 4 is 33.5 Å². The minimum atomic E-state index is -0.282. The zero-order valence-corrected chi connectivity index (χ0v) is 14.5. The number of carbonyl (C=O) groups is 1. The van der Waals surface area contributed by atoms with Crippen molar-refractivity contribution < 1.29 is 9.18 Å². The van der Waals surface area contributed by atoms with E-state index < -0.39 is 0 Å². The minimum Gasteiger partial charge on any atom is -0.339 e. The fourth-order valence-corrected chi connectivity index (χ4v) is 3.23. The topological polar surface area (TPSA) is 86.5 Å². The van der Waals surface area contributed by atoms with Crippen LogP contribution in [-0.2, 0) is 0 Å². The molecule has 0 aliphatic rings. The first-order valence-corrected chi connectivity index (χ1v) is 8.65. The molecule has 0 aliphatic carbocycles. The monoisotopic (exact) mass is 371 g/mol. The third-order valence-electron chi connectivity index (χ3n) is 4.61. The highest BCUT2D eigenvalue weighted by molar-refractivity contribution is 6.12. The summed E-state index contributed by atoms with van der Waals surface area (Å²) in [4.78, 5) is 20.3. The van der Waals surface area contributed by atoms with Gasteiger partial charge in [-0.25, -0.2) is 9.37 Å². The van der Waals surface area contributed by atoms with E-state index in [1.807, 2.05) is 18.2 Å². The van der Waals surface area contributed by atoms with Gasteiger partial charge in [-0.2, -0.15) is 5.10 Å². The number of pyridine rings is 1. The second-order valence-electron chi connectivity index (χ2n) is 6.44. The van der Waals surface area contributed by atoms with Gasteiger partial charge in [-0.3, -0.25) is 9.89 Å². The van der Waals surface area contributed by atoms with Gasteiger partial charge < -0.3 is 10.3 Å². The summed E-state index contributed by atoms with van der Waals surface area (Å²) in [7, 11) is 0. The van der Waals surface area contributed by atoms with Gasteiger partial charge in [0.05, 0.1) is 29.2 Å². The number of carbonyl (C=O) groups excluding carboxylic acids is 1. The largest absolute Gasteiger partial charge is 0.339 e. The standard InChI is InChI=1S/C21H14FN5O/c22-14-6-4-12(5-7-14)19-9-13-8-15(10-23-20(13)26-19)25-21(28)16-2-1-3-18-17(16)11-24-27-18/h1-11H,(H,23,26)(H,24,27)(H,25,28). The summed E-state index contributed by atoms with van der Waals surface area (Å²) >= 11 is 0. The van der Waals surface area contributed by atoms with Crippen molar-refractivity contribution in [3.05, 3.63) is 78.4 Å². The maximum atomic E-state index is 13.1. The second kappa shape index (κ2) is 6.31. The summed E-state index contributed by atoms with van der Waals surface area (Å²) < 4.78 is 13.1. The van der Waals surface area contributed by atoms with E-state index in [0.717, 1.165) is 27.5 Å². The van der Waals surface area contributed by atoms with Crippen LogP contribution in [0.3, 0.4) is 0 Å². The van der Waals surface area contributed by atoms with Crippen LogP contribution in [0.5, 0.6) is 0 Å². The van der Waals surface area contributed by atoms with Crippen molar-refractivity contribution in [1.82, 2.24) is 20.2 Å².